The van der Waals surface area contributed by atoms with Crippen LogP contribution in [0.4, 0.5) is 11.6 Å². The number of amides is 1. The molecule has 3 heterocycles. The second-order valence-corrected chi connectivity index (χ2v) is 8.81. The first kappa shape index (κ1) is 19.8. The van der Waals surface area contributed by atoms with Crippen molar-refractivity contribution < 1.29 is 4.79 Å². The van der Waals surface area contributed by atoms with Gasteiger partial charge in [-0.1, -0.05) is 0 Å². The number of carbonyl (C=O) groups excluding carboxylic acids is 1. The highest BCUT2D eigenvalue weighted by Crippen LogP contribution is 2.39. The maximum Gasteiger partial charge on any atom is 0.269 e. The predicted molar refractivity (Wildman–Crippen MR) is 126 cm³/mol. The van der Waals surface area contributed by atoms with Crippen molar-refractivity contribution in [3.63, 3.8) is 0 Å². The first-order valence-electron chi connectivity index (χ1n) is 11.1. The molecule has 0 bridgehead atoms. The highest BCUT2D eigenvalue weighted by atomic mass is 16.2. The molecular formula is C24H22BN7O. The molecule has 2 aromatic heterocycles. The van der Waals surface area contributed by atoms with Gasteiger partial charge in [0.2, 0.25) is 5.95 Å². The summed E-state index contributed by atoms with van der Waals surface area (Å²) in [5, 5.41) is 10.6. The lowest BCUT2D eigenvalue weighted by Crippen LogP contribution is -2.16. The third-order valence-corrected chi connectivity index (χ3v) is 6.35. The predicted octanol–water partition coefficient (Wildman–Crippen LogP) is 3.80. The number of hydrogen-bond donors (Lipinski definition) is 2. The maximum absolute atomic E-state index is 12.1. The van der Waals surface area contributed by atoms with Gasteiger partial charge in [-0.3, -0.25) is 9.39 Å². The fourth-order valence-electron chi connectivity index (χ4n) is 4.27. The zero-order valence-corrected chi connectivity index (χ0v) is 18.4. The van der Waals surface area contributed by atoms with Gasteiger partial charge in [0.05, 0.1) is 18.1 Å². The van der Waals surface area contributed by atoms with E-state index in [1.54, 1.807) is 0 Å². The molecule has 8 nitrogen and oxygen atoms in total. The van der Waals surface area contributed by atoms with E-state index in [4.69, 9.17) is 7.98 Å². The normalized spacial score (nSPS) is 17.2. The van der Waals surface area contributed by atoms with E-state index in [-0.39, 0.29) is 11.9 Å². The van der Waals surface area contributed by atoms with Crippen LogP contribution in [-0.4, -0.2) is 38.1 Å². The van der Waals surface area contributed by atoms with Gasteiger partial charge >= 0.3 is 0 Å². The van der Waals surface area contributed by atoms with Crippen LogP contribution in [0.3, 0.4) is 0 Å². The quantitative estimate of drug-likeness (QED) is 0.466. The molecule has 6 rings (SSSR count). The third kappa shape index (κ3) is 3.49. The van der Waals surface area contributed by atoms with E-state index in [0.29, 0.717) is 23.3 Å². The average Bonchev–Trinajstić information content (AvgIpc) is 3.32. The third-order valence-electron chi connectivity index (χ3n) is 6.35. The Labute approximate surface area is 192 Å². The zero-order valence-electron chi connectivity index (χ0n) is 18.4. The van der Waals surface area contributed by atoms with Crippen molar-refractivity contribution in [1.82, 2.24) is 29.5 Å². The first-order valence-corrected chi connectivity index (χ1v) is 11.1. The van der Waals surface area contributed by atoms with Crippen LogP contribution in [-0.2, 0) is 0 Å². The van der Waals surface area contributed by atoms with Gasteiger partial charge in [0.25, 0.3) is 13.9 Å². The number of aromatic nitrogens is 5. The summed E-state index contributed by atoms with van der Waals surface area (Å²) in [5.41, 5.74) is 6.49. The van der Waals surface area contributed by atoms with Crippen molar-refractivity contribution in [1.29, 1.82) is 0 Å². The lowest BCUT2D eigenvalue weighted by atomic mass is 10.0. The number of benzene rings is 2. The van der Waals surface area contributed by atoms with E-state index < -0.39 is 0 Å². The molecule has 2 aliphatic rings. The van der Waals surface area contributed by atoms with Gasteiger partial charge in [0.1, 0.15) is 0 Å². The van der Waals surface area contributed by atoms with Gasteiger partial charge in [-0.2, -0.15) is 10.1 Å². The topological polar surface area (TPSA) is 89.7 Å². The number of anilines is 2. The van der Waals surface area contributed by atoms with Gasteiger partial charge in [0.15, 0.2) is 5.82 Å². The Morgan fingerprint density at radius 2 is 1.97 bits per heavy atom. The van der Waals surface area contributed by atoms with Crippen LogP contribution in [0.5, 0.6) is 0 Å². The van der Waals surface area contributed by atoms with Crippen LogP contribution in [0.25, 0.3) is 17.1 Å². The van der Waals surface area contributed by atoms with Crippen LogP contribution in [0, 0.1) is 6.92 Å². The highest BCUT2D eigenvalue weighted by molar-refractivity contribution is 6.07. The number of imidazole rings is 1. The molecule has 0 spiro atoms. The summed E-state index contributed by atoms with van der Waals surface area (Å²) in [5.74, 6) is 1.54. The van der Waals surface area contributed by atoms with Crippen LogP contribution < -0.4 is 10.6 Å². The smallest absolute Gasteiger partial charge is 0.269 e. The minimum absolute atomic E-state index is 0.0330. The molecule has 0 saturated heterocycles. The number of carbonyl (C=O) groups is 1. The minimum Gasteiger partial charge on any atom is -0.345 e. The molecule has 1 fully saturated rings. The Balaban J connectivity index is 1.25. The average molecular weight is 435 g/mol. The molecule has 1 atom stereocenters. The minimum atomic E-state index is -0.0423. The van der Waals surface area contributed by atoms with Crippen LogP contribution >= 0.6 is 0 Å². The lowest BCUT2D eigenvalue weighted by molar-refractivity contribution is 0.0958. The monoisotopic (exact) mass is 435 g/mol. The van der Waals surface area contributed by atoms with Crippen LogP contribution in [0.15, 0.2) is 48.9 Å². The maximum atomic E-state index is 12.1. The van der Waals surface area contributed by atoms with E-state index in [9.17, 15) is 4.79 Å². The Hall–Kier alpha value is -3.88. The summed E-state index contributed by atoms with van der Waals surface area (Å²) in [6, 6.07) is 11.8. The molecule has 1 aliphatic heterocycles. The van der Waals surface area contributed by atoms with Gasteiger partial charge in [-0.25, -0.2) is 4.98 Å². The van der Waals surface area contributed by atoms with Crippen molar-refractivity contribution in [3.8, 4) is 17.1 Å². The van der Waals surface area contributed by atoms with Crippen LogP contribution in [0.2, 0.25) is 0 Å². The van der Waals surface area contributed by atoms with Gasteiger partial charge in [0, 0.05) is 34.6 Å². The van der Waals surface area contributed by atoms with Crippen molar-refractivity contribution >= 4 is 25.5 Å². The van der Waals surface area contributed by atoms with Crippen molar-refractivity contribution in [2.75, 3.05) is 5.32 Å². The second kappa shape index (κ2) is 7.33. The second-order valence-electron chi connectivity index (χ2n) is 8.81. The molecule has 9 heteroatoms. The van der Waals surface area contributed by atoms with Crippen molar-refractivity contribution in [3.05, 3.63) is 71.3 Å². The van der Waals surface area contributed by atoms with E-state index >= 15 is 0 Å². The summed E-state index contributed by atoms with van der Waals surface area (Å²) in [7, 11) is 6.10. The lowest BCUT2D eigenvalue weighted by Gasteiger charge is -2.12. The number of rotatable bonds is 5. The molecule has 1 saturated carbocycles. The summed E-state index contributed by atoms with van der Waals surface area (Å²) in [6.07, 6.45) is 6.43. The number of hydrogen-bond acceptors (Lipinski definition) is 5. The number of nitrogens with one attached hydrogen (secondary N) is 2. The number of nitrogens with zero attached hydrogens (tertiary/aromatic N) is 5. The summed E-state index contributed by atoms with van der Waals surface area (Å²) < 4.78 is 3.27. The molecule has 2 N–H and O–H groups in total. The summed E-state index contributed by atoms with van der Waals surface area (Å²) in [4.78, 5) is 21.2. The Kier molecular flexibility index (Phi) is 4.40. The molecule has 33 heavy (non-hydrogen) atoms. The van der Waals surface area contributed by atoms with Gasteiger partial charge in [-0.05, 0) is 74.2 Å². The molecule has 4 aromatic rings. The Bertz CT molecular complexity index is 1380. The Morgan fingerprint density at radius 1 is 1.18 bits per heavy atom. The summed E-state index contributed by atoms with van der Waals surface area (Å²) >= 11 is 0. The van der Waals surface area contributed by atoms with E-state index in [1.807, 2.05) is 61.1 Å². The van der Waals surface area contributed by atoms with Crippen LogP contribution in [0.1, 0.15) is 58.9 Å². The molecular weight excluding hydrogens is 413 g/mol. The Morgan fingerprint density at radius 3 is 2.73 bits per heavy atom. The van der Waals surface area contributed by atoms with Gasteiger partial charge < -0.3 is 15.2 Å². The van der Waals surface area contributed by atoms with E-state index in [1.165, 1.54) is 17.4 Å². The first-order chi connectivity index (χ1) is 16.0. The van der Waals surface area contributed by atoms with E-state index in [2.05, 4.69) is 31.9 Å². The largest absolute Gasteiger partial charge is 0.345 e. The standard InChI is InChI=1S/C24H22BN7O/c1-13-9-19-18(14(2)27-23(19)33)10-20(13)28-24-29-22(30-32(24)25)16-5-7-17(8-6-16)31-11-21(26-12-31)15-3-4-15/h5-12,14-15H,3-4H2,1-2H3,(H,27,33)(H,28,29,30). The SMILES string of the molecule is [B]n1nc(-c2ccc(-n3cnc(C4CC4)c3)cc2)nc1Nc1cc2c(cc1C)C(=O)NC2C. The number of aryl methyl sites for hydroxylation is 1. The van der Waals surface area contributed by atoms with Crippen molar-refractivity contribution in [2.24, 2.45) is 0 Å². The molecule has 1 unspecified atom stereocenters. The molecule has 1 aliphatic carbocycles. The summed E-state index contributed by atoms with van der Waals surface area (Å²) in [6.45, 7) is 3.91. The molecule has 2 radical (unpaired) electrons. The fourth-order valence-corrected chi connectivity index (χ4v) is 4.27. The molecule has 162 valence electrons. The number of fused-ring (bicyclic) bond motifs is 1. The van der Waals surface area contributed by atoms with E-state index in [0.717, 1.165) is 33.8 Å². The van der Waals surface area contributed by atoms with Crippen molar-refractivity contribution in [2.45, 2.75) is 38.6 Å². The highest BCUT2D eigenvalue weighted by Gasteiger charge is 2.27. The molecule has 2 aromatic carbocycles. The zero-order chi connectivity index (χ0) is 22.7. The van der Waals surface area contributed by atoms with Gasteiger partial charge in [-0.15, -0.1) is 0 Å². The fraction of sp³-hybridized carbons (Fsp3) is 0.250. The molecule has 1 amide bonds.